The molecule has 10 nitrogen and oxygen atoms in total. The number of hydrogen-bond donors (Lipinski definition) is 4. The molecule has 0 fully saturated rings. The zero-order valence-corrected chi connectivity index (χ0v) is 23.3. The number of carbonyl (C=O) groups is 2. The van der Waals surface area contributed by atoms with Crippen LogP contribution in [0, 0.1) is 6.92 Å². The SMILES string of the molecule is CCNC(=O)Nc1ccc(Oc2ccnc3cc(OC[C@H](O)CN(CC)CC)c(C(=O)NCC)cc23)cc1C. The van der Waals surface area contributed by atoms with Crippen LogP contribution in [-0.2, 0) is 0 Å². The molecule has 3 aromatic rings. The van der Waals surface area contributed by atoms with Crippen molar-refractivity contribution in [3.8, 4) is 17.2 Å². The molecule has 3 amide bonds. The zero-order chi connectivity index (χ0) is 28.4. The second kappa shape index (κ2) is 14.3. The molecule has 0 saturated heterocycles. The third-order valence-electron chi connectivity index (χ3n) is 6.19. The molecular weight excluding hydrogens is 498 g/mol. The maximum absolute atomic E-state index is 12.9. The van der Waals surface area contributed by atoms with Gasteiger partial charge in [-0.2, -0.15) is 0 Å². The number of urea groups is 1. The average molecular weight is 538 g/mol. The minimum Gasteiger partial charge on any atom is -0.490 e. The van der Waals surface area contributed by atoms with Crippen molar-refractivity contribution in [3.63, 3.8) is 0 Å². The predicted molar refractivity (Wildman–Crippen MR) is 153 cm³/mol. The first-order chi connectivity index (χ1) is 18.8. The van der Waals surface area contributed by atoms with Gasteiger partial charge in [-0.05, 0) is 69.8 Å². The maximum atomic E-state index is 12.9. The number of aromatic nitrogens is 1. The first-order valence-corrected chi connectivity index (χ1v) is 13.4. The van der Waals surface area contributed by atoms with Gasteiger partial charge < -0.3 is 35.4 Å². The molecule has 0 radical (unpaired) electrons. The molecule has 2 aromatic carbocycles. The average Bonchev–Trinajstić information content (AvgIpc) is 2.92. The lowest BCUT2D eigenvalue weighted by molar-refractivity contribution is 0.0706. The normalized spacial score (nSPS) is 11.8. The molecule has 4 N–H and O–H groups in total. The van der Waals surface area contributed by atoms with E-state index < -0.39 is 6.10 Å². The molecule has 1 heterocycles. The summed E-state index contributed by atoms with van der Waals surface area (Å²) in [5.74, 6) is 1.13. The van der Waals surface area contributed by atoms with E-state index in [0.717, 1.165) is 18.7 Å². The molecule has 1 aromatic heterocycles. The van der Waals surface area contributed by atoms with E-state index in [0.29, 0.717) is 59.0 Å². The number of nitrogens with one attached hydrogen (secondary N) is 3. The summed E-state index contributed by atoms with van der Waals surface area (Å²) < 4.78 is 12.1. The van der Waals surface area contributed by atoms with Gasteiger partial charge >= 0.3 is 6.03 Å². The Morgan fingerprint density at radius 3 is 2.41 bits per heavy atom. The minimum atomic E-state index is -0.709. The monoisotopic (exact) mass is 537 g/mol. The number of aryl methyl sites for hydroxylation is 1. The highest BCUT2D eigenvalue weighted by atomic mass is 16.5. The molecule has 10 heteroatoms. The molecule has 0 spiro atoms. The molecule has 39 heavy (non-hydrogen) atoms. The quantitative estimate of drug-likeness (QED) is 0.256. The van der Waals surface area contributed by atoms with Gasteiger partial charge in [0, 0.05) is 43.0 Å². The van der Waals surface area contributed by atoms with E-state index in [2.05, 4.69) is 25.8 Å². The molecule has 0 aliphatic heterocycles. The van der Waals surface area contributed by atoms with Crippen molar-refractivity contribution in [1.82, 2.24) is 20.5 Å². The molecule has 0 saturated carbocycles. The number of carbonyl (C=O) groups excluding carboxylic acids is 2. The number of nitrogens with zero attached hydrogens (tertiary/aromatic N) is 2. The van der Waals surface area contributed by atoms with Crippen LogP contribution in [0.2, 0.25) is 0 Å². The summed E-state index contributed by atoms with van der Waals surface area (Å²) in [5, 5.41) is 19.5. The Balaban J connectivity index is 1.89. The van der Waals surface area contributed by atoms with Gasteiger partial charge in [0.1, 0.15) is 30.0 Å². The standard InChI is InChI=1S/C29H39N5O5/c1-6-30-28(36)23-15-22-25(16-27(23)38-18-20(35)17-34(8-3)9-4)32-13-12-26(22)39-21-10-11-24(19(5)14-21)33-29(37)31-7-2/h10-16,20,35H,6-9,17-18H2,1-5H3,(H,30,36)(H2,31,33,37)/t20-/m1/s1. The molecule has 210 valence electrons. The summed E-state index contributed by atoms with van der Waals surface area (Å²) in [6, 6.07) is 10.2. The topological polar surface area (TPSA) is 125 Å². The number of anilines is 1. The Morgan fingerprint density at radius 2 is 1.74 bits per heavy atom. The number of fused-ring (bicyclic) bond motifs is 1. The number of rotatable bonds is 13. The lowest BCUT2D eigenvalue weighted by Crippen LogP contribution is -2.35. The van der Waals surface area contributed by atoms with Crippen LogP contribution < -0.4 is 25.4 Å². The van der Waals surface area contributed by atoms with Crippen LogP contribution >= 0.6 is 0 Å². The fourth-order valence-electron chi connectivity index (χ4n) is 4.10. The lowest BCUT2D eigenvalue weighted by atomic mass is 10.1. The second-order valence-corrected chi connectivity index (χ2v) is 9.05. The van der Waals surface area contributed by atoms with Gasteiger partial charge in [0.2, 0.25) is 0 Å². The van der Waals surface area contributed by atoms with Crippen LogP contribution in [0.1, 0.15) is 43.6 Å². The van der Waals surface area contributed by atoms with Crippen LogP contribution in [0.25, 0.3) is 10.9 Å². The third kappa shape index (κ3) is 8.05. The van der Waals surface area contributed by atoms with E-state index in [4.69, 9.17) is 9.47 Å². The van der Waals surface area contributed by atoms with E-state index in [1.807, 2.05) is 40.7 Å². The first kappa shape index (κ1) is 29.7. The van der Waals surface area contributed by atoms with Crippen molar-refractivity contribution >= 4 is 28.5 Å². The van der Waals surface area contributed by atoms with Gasteiger partial charge in [0.15, 0.2) is 0 Å². The Labute approximate surface area is 229 Å². The molecule has 1 atom stereocenters. The number of ether oxygens (including phenoxy) is 2. The van der Waals surface area contributed by atoms with E-state index in [1.54, 1.807) is 36.5 Å². The van der Waals surface area contributed by atoms with Crippen molar-refractivity contribution < 1.29 is 24.2 Å². The van der Waals surface area contributed by atoms with E-state index >= 15 is 0 Å². The van der Waals surface area contributed by atoms with E-state index in [-0.39, 0.29) is 18.5 Å². The van der Waals surface area contributed by atoms with Crippen molar-refractivity contribution in [1.29, 1.82) is 0 Å². The van der Waals surface area contributed by atoms with Crippen LogP contribution in [0.4, 0.5) is 10.5 Å². The summed E-state index contributed by atoms with van der Waals surface area (Å²) >= 11 is 0. The van der Waals surface area contributed by atoms with Gasteiger partial charge in [-0.3, -0.25) is 9.78 Å². The fraction of sp³-hybridized carbons (Fsp3) is 0.414. The molecule has 0 unspecified atom stereocenters. The molecule has 3 rings (SSSR count). The summed E-state index contributed by atoms with van der Waals surface area (Å²) in [5.41, 5.74) is 2.42. The molecular formula is C29H39N5O5. The Kier molecular flexibility index (Phi) is 10.9. The number of pyridine rings is 1. The smallest absolute Gasteiger partial charge is 0.319 e. The van der Waals surface area contributed by atoms with Crippen LogP contribution in [-0.4, -0.2) is 72.4 Å². The van der Waals surface area contributed by atoms with Crippen LogP contribution in [0.3, 0.4) is 0 Å². The van der Waals surface area contributed by atoms with Gasteiger partial charge in [-0.25, -0.2) is 4.79 Å². The first-order valence-electron chi connectivity index (χ1n) is 13.4. The minimum absolute atomic E-state index is 0.0422. The fourth-order valence-corrected chi connectivity index (χ4v) is 4.10. The second-order valence-electron chi connectivity index (χ2n) is 9.05. The van der Waals surface area contributed by atoms with Gasteiger partial charge in [-0.1, -0.05) is 13.8 Å². The summed E-state index contributed by atoms with van der Waals surface area (Å²) in [6.07, 6.45) is 0.916. The lowest BCUT2D eigenvalue weighted by Gasteiger charge is -2.22. The number of benzene rings is 2. The maximum Gasteiger partial charge on any atom is 0.319 e. The van der Waals surface area contributed by atoms with Crippen molar-refractivity contribution in [3.05, 3.63) is 53.7 Å². The number of amides is 3. The molecule has 0 bridgehead atoms. The van der Waals surface area contributed by atoms with E-state index in [9.17, 15) is 14.7 Å². The van der Waals surface area contributed by atoms with Crippen molar-refractivity contribution in [2.24, 2.45) is 0 Å². The predicted octanol–water partition coefficient (Wildman–Crippen LogP) is 4.31. The van der Waals surface area contributed by atoms with Crippen molar-refractivity contribution in [2.45, 2.75) is 40.7 Å². The Hall–Kier alpha value is -3.89. The largest absolute Gasteiger partial charge is 0.490 e. The third-order valence-corrected chi connectivity index (χ3v) is 6.19. The number of aliphatic hydroxyl groups excluding tert-OH is 1. The Morgan fingerprint density at radius 1 is 1.00 bits per heavy atom. The van der Waals surface area contributed by atoms with E-state index in [1.165, 1.54) is 0 Å². The summed E-state index contributed by atoms with van der Waals surface area (Å²) in [6.45, 7) is 12.8. The Bertz CT molecular complexity index is 1280. The van der Waals surface area contributed by atoms with Crippen LogP contribution in [0.5, 0.6) is 17.2 Å². The number of hydrogen-bond acceptors (Lipinski definition) is 7. The summed E-state index contributed by atoms with van der Waals surface area (Å²) in [7, 11) is 0. The number of aliphatic hydroxyl groups is 1. The zero-order valence-electron chi connectivity index (χ0n) is 23.3. The van der Waals surface area contributed by atoms with Gasteiger partial charge in [0.25, 0.3) is 5.91 Å². The number of likely N-dealkylation sites (N-methyl/N-ethyl adjacent to an activating group) is 1. The highest BCUT2D eigenvalue weighted by Crippen LogP contribution is 2.34. The van der Waals surface area contributed by atoms with Crippen molar-refractivity contribution in [2.75, 3.05) is 44.6 Å². The van der Waals surface area contributed by atoms with Crippen LogP contribution in [0.15, 0.2) is 42.6 Å². The van der Waals surface area contributed by atoms with Gasteiger partial charge in [0.05, 0.1) is 11.1 Å². The molecule has 0 aliphatic carbocycles. The summed E-state index contributed by atoms with van der Waals surface area (Å²) in [4.78, 5) is 31.4. The molecule has 0 aliphatic rings. The van der Waals surface area contributed by atoms with Gasteiger partial charge in [-0.15, -0.1) is 0 Å². The highest BCUT2D eigenvalue weighted by molar-refractivity contribution is 6.02. The highest BCUT2D eigenvalue weighted by Gasteiger charge is 2.19.